The summed E-state index contributed by atoms with van der Waals surface area (Å²) in [6.07, 6.45) is 1.68. The van der Waals surface area contributed by atoms with E-state index in [0.29, 0.717) is 32.2 Å². The Morgan fingerprint density at radius 2 is 2.24 bits per heavy atom. The predicted molar refractivity (Wildman–Crippen MR) is 115 cm³/mol. The summed E-state index contributed by atoms with van der Waals surface area (Å²) in [5.74, 6) is 0.474. The first-order valence-electron chi connectivity index (χ1n) is 10.4. The lowest BCUT2D eigenvalue weighted by Crippen LogP contribution is -2.49. The molecule has 0 saturated carbocycles. The fourth-order valence-corrected chi connectivity index (χ4v) is 4.71. The fourth-order valence-electron chi connectivity index (χ4n) is 3.86. The highest BCUT2D eigenvalue weighted by Crippen LogP contribution is 2.27. The van der Waals surface area contributed by atoms with Crippen LogP contribution in [-0.4, -0.2) is 79.9 Å². The number of ether oxygens (including phenoxy) is 2. The third-order valence-electron chi connectivity index (χ3n) is 5.39. The summed E-state index contributed by atoms with van der Waals surface area (Å²) in [4.78, 5) is 22.0. The van der Waals surface area contributed by atoms with Gasteiger partial charge in [0.2, 0.25) is 0 Å². The summed E-state index contributed by atoms with van der Waals surface area (Å²) < 4.78 is 10.8. The number of nitrogens with two attached hydrogens (primary N) is 1. The first-order valence-corrected chi connectivity index (χ1v) is 11.3. The molecule has 2 saturated heterocycles. The maximum Gasteiger partial charge on any atom is 0.409 e. The van der Waals surface area contributed by atoms with E-state index < -0.39 is 0 Å². The quantitative estimate of drug-likeness (QED) is 0.537. The number of morpholine rings is 1. The molecule has 2 aliphatic rings. The molecule has 0 aromatic carbocycles. The van der Waals surface area contributed by atoms with Crippen molar-refractivity contribution in [3.8, 4) is 0 Å². The number of carbonyl (C=O) groups is 1. The number of thiophene rings is 1. The molecular formula is C20H33N5O3S. The van der Waals surface area contributed by atoms with E-state index in [1.165, 1.54) is 4.88 Å². The van der Waals surface area contributed by atoms with Crippen molar-refractivity contribution in [2.45, 2.75) is 44.9 Å². The van der Waals surface area contributed by atoms with Crippen LogP contribution in [0.1, 0.15) is 37.6 Å². The van der Waals surface area contributed by atoms with E-state index in [0.717, 1.165) is 32.5 Å². The molecule has 3 rings (SSSR count). The molecule has 2 fully saturated rings. The third-order valence-corrected chi connectivity index (χ3v) is 6.37. The van der Waals surface area contributed by atoms with Crippen molar-refractivity contribution in [1.29, 1.82) is 0 Å². The van der Waals surface area contributed by atoms with Crippen LogP contribution in [0.3, 0.4) is 0 Å². The van der Waals surface area contributed by atoms with Gasteiger partial charge in [0, 0.05) is 37.1 Å². The number of aliphatic imine (C=N–C) groups is 1. The van der Waals surface area contributed by atoms with E-state index in [4.69, 9.17) is 15.2 Å². The maximum absolute atomic E-state index is 11.8. The van der Waals surface area contributed by atoms with Gasteiger partial charge in [0.25, 0.3) is 0 Å². The van der Waals surface area contributed by atoms with Gasteiger partial charge in [-0.2, -0.15) is 0 Å². The minimum atomic E-state index is -0.230. The molecule has 0 spiro atoms. The SMILES string of the molecule is CCOC(=O)N1CCC(NC(N)=NCC(c2cccs2)N2CCOC(C)C2)CC1. The molecule has 0 aliphatic carbocycles. The van der Waals surface area contributed by atoms with Crippen molar-refractivity contribution in [3.63, 3.8) is 0 Å². The Bertz CT molecular complexity index is 661. The number of guanidine groups is 1. The van der Waals surface area contributed by atoms with Crippen LogP contribution in [0, 0.1) is 0 Å². The molecule has 2 unspecified atom stereocenters. The molecule has 1 aromatic heterocycles. The molecule has 2 atom stereocenters. The molecule has 3 heterocycles. The van der Waals surface area contributed by atoms with Gasteiger partial charge in [-0.1, -0.05) is 6.07 Å². The van der Waals surface area contributed by atoms with Crippen LogP contribution in [0.15, 0.2) is 22.5 Å². The highest BCUT2D eigenvalue weighted by Gasteiger charge is 2.27. The lowest BCUT2D eigenvalue weighted by Gasteiger charge is -2.36. The zero-order chi connectivity index (χ0) is 20.6. The molecule has 3 N–H and O–H groups in total. The van der Waals surface area contributed by atoms with Gasteiger partial charge in [-0.15, -0.1) is 11.3 Å². The first-order chi connectivity index (χ1) is 14.1. The standard InChI is InChI=1S/C20H33N5O3S/c1-3-27-20(26)24-8-6-16(7-9-24)23-19(21)22-13-17(18-5-4-12-29-18)25-10-11-28-15(2)14-25/h4-5,12,15-17H,3,6-11,13-14H2,1-2H3,(H3,21,22,23). The van der Waals surface area contributed by atoms with Crippen molar-refractivity contribution in [2.24, 2.45) is 10.7 Å². The first kappa shape index (κ1) is 21.9. The number of hydrogen-bond acceptors (Lipinski definition) is 6. The second-order valence-electron chi connectivity index (χ2n) is 7.54. The van der Waals surface area contributed by atoms with Crippen molar-refractivity contribution in [2.75, 3.05) is 45.9 Å². The molecule has 1 amide bonds. The predicted octanol–water partition coefficient (Wildman–Crippen LogP) is 2.04. The topological polar surface area (TPSA) is 92.4 Å². The van der Waals surface area contributed by atoms with Crippen LogP contribution in [0.5, 0.6) is 0 Å². The van der Waals surface area contributed by atoms with Crippen molar-refractivity contribution in [1.82, 2.24) is 15.1 Å². The second kappa shape index (κ2) is 10.8. The van der Waals surface area contributed by atoms with Crippen LogP contribution in [-0.2, 0) is 9.47 Å². The summed E-state index contributed by atoms with van der Waals surface area (Å²) >= 11 is 1.76. The van der Waals surface area contributed by atoms with Gasteiger partial charge in [0.05, 0.1) is 31.9 Å². The van der Waals surface area contributed by atoms with E-state index in [9.17, 15) is 4.79 Å². The van der Waals surface area contributed by atoms with Crippen LogP contribution in [0.25, 0.3) is 0 Å². The van der Waals surface area contributed by atoms with E-state index in [1.54, 1.807) is 16.2 Å². The molecule has 29 heavy (non-hydrogen) atoms. The van der Waals surface area contributed by atoms with E-state index in [-0.39, 0.29) is 24.3 Å². The van der Waals surface area contributed by atoms with E-state index in [2.05, 4.69) is 39.6 Å². The van der Waals surface area contributed by atoms with Crippen LogP contribution in [0.4, 0.5) is 4.79 Å². The van der Waals surface area contributed by atoms with Crippen molar-refractivity contribution < 1.29 is 14.3 Å². The normalized spacial score (nSPS) is 23.0. The molecule has 0 radical (unpaired) electrons. The lowest BCUT2D eigenvalue weighted by atomic mass is 10.1. The minimum absolute atomic E-state index is 0.215. The summed E-state index contributed by atoms with van der Waals surface area (Å²) in [6.45, 7) is 8.86. The minimum Gasteiger partial charge on any atom is -0.450 e. The van der Waals surface area contributed by atoms with Gasteiger partial charge in [0.1, 0.15) is 0 Å². The average molecular weight is 424 g/mol. The molecule has 162 valence electrons. The number of nitrogens with one attached hydrogen (secondary N) is 1. The average Bonchev–Trinajstić information content (AvgIpc) is 3.23. The van der Waals surface area contributed by atoms with Gasteiger partial charge in [-0.05, 0) is 38.1 Å². The highest BCUT2D eigenvalue weighted by molar-refractivity contribution is 7.10. The van der Waals surface area contributed by atoms with E-state index in [1.807, 2.05) is 6.92 Å². The molecule has 1 aromatic rings. The van der Waals surface area contributed by atoms with Gasteiger partial charge >= 0.3 is 6.09 Å². The monoisotopic (exact) mass is 423 g/mol. The number of nitrogens with zero attached hydrogens (tertiary/aromatic N) is 3. The molecular weight excluding hydrogens is 390 g/mol. The zero-order valence-electron chi connectivity index (χ0n) is 17.4. The molecule has 0 bridgehead atoms. The van der Waals surface area contributed by atoms with E-state index >= 15 is 0 Å². The Morgan fingerprint density at radius 3 is 2.90 bits per heavy atom. The van der Waals surface area contributed by atoms with Crippen molar-refractivity contribution >= 4 is 23.4 Å². The Balaban J connectivity index is 1.52. The van der Waals surface area contributed by atoms with Crippen LogP contribution < -0.4 is 11.1 Å². The Morgan fingerprint density at radius 1 is 1.45 bits per heavy atom. The highest BCUT2D eigenvalue weighted by atomic mass is 32.1. The molecule has 2 aliphatic heterocycles. The Labute approximate surface area is 177 Å². The smallest absolute Gasteiger partial charge is 0.409 e. The fraction of sp³-hybridized carbons (Fsp3) is 0.700. The van der Waals surface area contributed by atoms with Crippen molar-refractivity contribution in [3.05, 3.63) is 22.4 Å². The molecule has 8 nitrogen and oxygen atoms in total. The van der Waals surface area contributed by atoms with Gasteiger partial charge in [0.15, 0.2) is 5.96 Å². The number of carbonyl (C=O) groups excluding carboxylic acids is 1. The largest absolute Gasteiger partial charge is 0.450 e. The van der Waals surface area contributed by atoms with Gasteiger partial charge in [-0.25, -0.2) is 4.79 Å². The second-order valence-corrected chi connectivity index (χ2v) is 8.52. The number of likely N-dealkylation sites (tertiary alicyclic amines) is 1. The lowest BCUT2D eigenvalue weighted by molar-refractivity contribution is -0.0327. The summed E-state index contributed by atoms with van der Waals surface area (Å²) in [6, 6.07) is 4.69. The summed E-state index contributed by atoms with van der Waals surface area (Å²) in [5, 5.41) is 5.44. The van der Waals surface area contributed by atoms with Crippen LogP contribution >= 0.6 is 11.3 Å². The van der Waals surface area contributed by atoms with Crippen LogP contribution in [0.2, 0.25) is 0 Å². The Hall–Kier alpha value is -1.84. The van der Waals surface area contributed by atoms with Gasteiger partial charge < -0.3 is 25.4 Å². The number of hydrogen-bond donors (Lipinski definition) is 2. The molecule has 9 heteroatoms. The zero-order valence-corrected chi connectivity index (χ0v) is 18.2. The third kappa shape index (κ3) is 6.32. The number of rotatable bonds is 6. The Kier molecular flexibility index (Phi) is 8.14. The summed E-state index contributed by atoms with van der Waals surface area (Å²) in [5.41, 5.74) is 6.20. The maximum atomic E-state index is 11.8. The number of amides is 1. The number of piperidine rings is 1. The summed E-state index contributed by atoms with van der Waals surface area (Å²) in [7, 11) is 0. The van der Waals surface area contributed by atoms with Gasteiger partial charge in [-0.3, -0.25) is 9.89 Å².